The topological polar surface area (TPSA) is 115 Å². The Kier molecular flexibility index (Phi) is 7.47. The predicted octanol–water partition coefficient (Wildman–Crippen LogP) is 3.41. The summed E-state index contributed by atoms with van der Waals surface area (Å²) in [6, 6.07) is 17.5. The molecule has 11 heteroatoms. The minimum atomic E-state index is -0.980. The Bertz CT molecular complexity index is 1730. The average molecular weight is 555 g/mol. The van der Waals surface area contributed by atoms with Crippen molar-refractivity contribution in [1.29, 1.82) is 10.5 Å². The summed E-state index contributed by atoms with van der Waals surface area (Å²) in [6.07, 6.45) is 0. The van der Waals surface area contributed by atoms with E-state index in [9.17, 15) is 28.9 Å². The van der Waals surface area contributed by atoms with Crippen molar-refractivity contribution in [3.05, 3.63) is 105 Å². The SMILES string of the molecule is COC(=O)C1CN(C(c2ccc(F)cc2)c2ccc(F)cc2)CCN1c1c(C#N)c(=O)n(C)c2ccc(C#N)nc12. The number of carbonyl (C=O) groups excluding carboxylic acids is 1. The number of nitrogens with zero attached hydrogens (tertiary/aromatic N) is 6. The monoisotopic (exact) mass is 554 g/mol. The van der Waals surface area contributed by atoms with Gasteiger partial charge in [-0.1, -0.05) is 24.3 Å². The van der Waals surface area contributed by atoms with E-state index in [1.54, 1.807) is 35.2 Å². The molecule has 1 atom stereocenters. The van der Waals surface area contributed by atoms with Gasteiger partial charge in [0.25, 0.3) is 5.56 Å². The molecule has 1 unspecified atom stereocenters. The van der Waals surface area contributed by atoms with Crippen LogP contribution in [0.4, 0.5) is 14.5 Å². The van der Waals surface area contributed by atoms with Crippen molar-refractivity contribution in [3.8, 4) is 12.1 Å². The Labute approximate surface area is 234 Å². The number of rotatable bonds is 5. The van der Waals surface area contributed by atoms with E-state index in [0.29, 0.717) is 12.1 Å². The summed E-state index contributed by atoms with van der Waals surface area (Å²) in [4.78, 5) is 34.5. The Hall–Kier alpha value is -5.13. The van der Waals surface area contributed by atoms with E-state index >= 15 is 0 Å². The summed E-state index contributed by atoms with van der Waals surface area (Å²) in [5.41, 5.74) is 1.55. The second-order valence-corrected chi connectivity index (χ2v) is 9.61. The molecule has 1 fully saturated rings. The van der Waals surface area contributed by atoms with Gasteiger partial charge in [0.1, 0.15) is 46.6 Å². The van der Waals surface area contributed by atoms with Crippen LogP contribution in [0.15, 0.2) is 65.5 Å². The molecule has 2 aromatic heterocycles. The van der Waals surface area contributed by atoms with Crippen LogP contribution in [0.3, 0.4) is 0 Å². The third kappa shape index (κ3) is 4.99. The van der Waals surface area contributed by atoms with Crippen molar-refractivity contribution >= 4 is 22.7 Å². The maximum atomic E-state index is 13.8. The highest BCUT2D eigenvalue weighted by Gasteiger charge is 2.39. The molecule has 0 N–H and O–H groups in total. The first-order valence-electron chi connectivity index (χ1n) is 12.7. The molecule has 0 aliphatic carbocycles. The Morgan fingerprint density at radius 1 is 0.976 bits per heavy atom. The van der Waals surface area contributed by atoms with Crippen LogP contribution in [0.25, 0.3) is 11.0 Å². The van der Waals surface area contributed by atoms with Gasteiger partial charge in [-0.25, -0.2) is 18.6 Å². The third-order valence-corrected chi connectivity index (χ3v) is 7.35. The smallest absolute Gasteiger partial charge is 0.329 e. The van der Waals surface area contributed by atoms with Crippen LogP contribution >= 0.6 is 0 Å². The number of benzene rings is 2. The largest absolute Gasteiger partial charge is 0.467 e. The Balaban J connectivity index is 1.65. The van der Waals surface area contributed by atoms with Gasteiger partial charge in [-0.05, 0) is 47.5 Å². The molecule has 9 nitrogen and oxygen atoms in total. The molecule has 5 rings (SSSR count). The maximum absolute atomic E-state index is 13.8. The second-order valence-electron chi connectivity index (χ2n) is 9.61. The number of methoxy groups -OCH3 is 1. The van der Waals surface area contributed by atoms with Gasteiger partial charge in [-0.3, -0.25) is 9.69 Å². The van der Waals surface area contributed by atoms with Crippen molar-refractivity contribution in [2.45, 2.75) is 12.1 Å². The number of esters is 1. The summed E-state index contributed by atoms with van der Waals surface area (Å²) < 4.78 is 34.0. The van der Waals surface area contributed by atoms with Crippen molar-refractivity contribution in [2.24, 2.45) is 7.05 Å². The summed E-state index contributed by atoms with van der Waals surface area (Å²) in [5, 5.41) is 19.5. The zero-order valence-corrected chi connectivity index (χ0v) is 22.2. The molecule has 0 saturated carbocycles. The van der Waals surface area contributed by atoms with E-state index in [0.717, 1.165) is 11.1 Å². The third-order valence-electron chi connectivity index (χ3n) is 7.35. The van der Waals surface area contributed by atoms with Crippen LogP contribution in [0.1, 0.15) is 28.4 Å². The summed E-state index contributed by atoms with van der Waals surface area (Å²) in [5.74, 6) is -1.43. The molecule has 1 aliphatic rings. The first-order chi connectivity index (χ1) is 19.8. The lowest BCUT2D eigenvalue weighted by molar-refractivity contribution is -0.143. The summed E-state index contributed by atoms with van der Waals surface area (Å²) >= 11 is 0. The van der Waals surface area contributed by atoms with Crippen LogP contribution in [-0.4, -0.2) is 53.2 Å². The number of anilines is 1. The van der Waals surface area contributed by atoms with Crippen LogP contribution in [0.5, 0.6) is 0 Å². The Morgan fingerprint density at radius 2 is 1.59 bits per heavy atom. The highest BCUT2D eigenvalue weighted by Crippen LogP contribution is 2.35. The molecule has 2 aromatic carbocycles. The van der Waals surface area contributed by atoms with Gasteiger partial charge in [0, 0.05) is 26.7 Å². The number of nitriles is 2. The van der Waals surface area contributed by atoms with Gasteiger partial charge in [-0.2, -0.15) is 10.5 Å². The molecule has 206 valence electrons. The number of halogens is 2. The maximum Gasteiger partial charge on any atom is 0.329 e. The van der Waals surface area contributed by atoms with E-state index in [2.05, 4.69) is 4.98 Å². The highest BCUT2D eigenvalue weighted by molar-refractivity contribution is 5.94. The van der Waals surface area contributed by atoms with Crippen LogP contribution < -0.4 is 10.5 Å². The standard InChI is InChI=1S/C30H24F2N6O3/c1-36-24-12-11-22(15-33)35-26(24)28(23(16-34)29(36)39)38-14-13-37(17-25(38)30(40)41-2)27(18-3-7-20(31)8-4-18)19-5-9-21(32)10-6-19/h3-12,25,27H,13-14,17H2,1-2H3. The lowest BCUT2D eigenvalue weighted by Crippen LogP contribution is -2.58. The van der Waals surface area contributed by atoms with E-state index in [-0.39, 0.29) is 35.6 Å². The number of hydrogen-bond acceptors (Lipinski definition) is 8. The quantitative estimate of drug-likeness (QED) is 0.345. The van der Waals surface area contributed by atoms with Gasteiger partial charge in [0.05, 0.1) is 24.4 Å². The fraction of sp³-hybridized carbons (Fsp3) is 0.233. The van der Waals surface area contributed by atoms with Crippen LogP contribution in [0.2, 0.25) is 0 Å². The number of fused-ring (bicyclic) bond motifs is 1. The molecule has 41 heavy (non-hydrogen) atoms. The van der Waals surface area contributed by atoms with E-state index < -0.39 is 35.2 Å². The number of pyridine rings is 2. The number of hydrogen-bond donors (Lipinski definition) is 0. The van der Waals surface area contributed by atoms with Crippen molar-refractivity contribution in [2.75, 3.05) is 31.6 Å². The molecule has 1 aliphatic heterocycles. The molecule has 0 bridgehead atoms. The van der Waals surface area contributed by atoms with Crippen molar-refractivity contribution in [1.82, 2.24) is 14.5 Å². The van der Waals surface area contributed by atoms with Gasteiger partial charge in [0.2, 0.25) is 0 Å². The fourth-order valence-corrected chi connectivity index (χ4v) is 5.38. The summed E-state index contributed by atoms with van der Waals surface area (Å²) in [7, 11) is 2.75. The lowest BCUT2D eigenvalue weighted by atomic mass is 9.95. The lowest BCUT2D eigenvalue weighted by Gasteiger charge is -2.44. The van der Waals surface area contributed by atoms with Gasteiger partial charge >= 0.3 is 5.97 Å². The molecule has 0 amide bonds. The predicted molar refractivity (Wildman–Crippen MR) is 146 cm³/mol. The Morgan fingerprint density at radius 3 is 2.12 bits per heavy atom. The van der Waals surface area contributed by atoms with E-state index in [1.165, 1.54) is 49.1 Å². The van der Waals surface area contributed by atoms with Gasteiger partial charge in [-0.15, -0.1) is 0 Å². The molecular formula is C30H24F2N6O3. The van der Waals surface area contributed by atoms with E-state index in [4.69, 9.17) is 4.74 Å². The minimum Gasteiger partial charge on any atom is -0.467 e. The molecular weight excluding hydrogens is 530 g/mol. The number of carbonyl (C=O) groups is 1. The molecule has 0 spiro atoms. The van der Waals surface area contributed by atoms with Crippen molar-refractivity contribution < 1.29 is 18.3 Å². The zero-order chi connectivity index (χ0) is 29.3. The van der Waals surface area contributed by atoms with Crippen LogP contribution in [0, 0.1) is 34.3 Å². The first kappa shape index (κ1) is 27.4. The van der Waals surface area contributed by atoms with Crippen LogP contribution in [-0.2, 0) is 16.6 Å². The number of ether oxygens (including phenoxy) is 1. The molecule has 1 saturated heterocycles. The fourth-order valence-electron chi connectivity index (χ4n) is 5.38. The number of aromatic nitrogens is 2. The van der Waals surface area contributed by atoms with Gasteiger partial charge < -0.3 is 14.2 Å². The highest BCUT2D eigenvalue weighted by atomic mass is 19.1. The normalized spacial score (nSPS) is 15.5. The number of aryl methyl sites for hydroxylation is 1. The first-order valence-corrected chi connectivity index (χ1v) is 12.7. The van der Waals surface area contributed by atoms with E-state index in [1.807, 2.05) is 17.0 Å². The van der Waals surface area contributed by atoms with Crippen molar-refractivity contribution in [3.63, 3.8) is 0 Å². The number of piperazine rings is 1. The summed E-state index contributed by atoms with van der Waals surface area (Å²) in [6.45, 7) is 0.603. The minimum absolute atomic E-state index is 0.0854. The molecule has 4 aromatic rings. The molecule has 3 heterocycles. The van der Waals surface area contributed by atoms with Gasteiger partial charge in [0.15, 0.2) is 0 Å². The zero-order valence-electron chi connectivity index (χ0n) is 22.2. The molecule has 0 radical (unpaired) electrons. The second kappa shape index (κ2) is 11.2. The average Bonchev–Trinajstić information content (AvgIpc) is 3.00.